The van der Waals surface area contributed by atoms with E-state index in [1.54, 1.807) is 0 Å². The maximum absolute atomic E-state index is 5.57. The summed E-state index contributed by atoms with van der Waals surface area (Å²) in [6.45, 7) is 6.49. The van der Waals surface area contributed by atoms with Crippen LogP contribution in [0.3, 0.4) is 0 Å². The van der Waals surface area contributed by atoms with Gasteiger partial charge >= 0.3 is 0 Å². The summed E-state index contributed by atoms with van der Waals surface area (Å²) in [4.78, 5) is 9.71. The lowest BCUT2D eigenvalue weighted by Crippen LogP contribution is -2.52. The molecule has 1 aromatic carbocycles. The number of halogens is 1. The smallest absolute Gasteiger partial charge is 0.198 e. The largest absolute Gasteiger partial charge is 0.381 e. The molecular weight excluding hydrogens is 427 g/mol. The first-order chi connectivity index (χ1) is 11.7. The first-order valence-corrected chi connectivity index (χ1v) is 9.05. The minimum Gasteiger partial charge on any atom is -0.381 e. The number of fused-ring (bicyclic) bond motifs is 1. The zero-order valence-corrected chi connectivity index (χ0v) is 18.0. The van der Waals surface area contributed by atoms with Crippen LogP contribution in [0.4, 0.5) is 5.69 Å². The maximum atomic E-state index is 5.57. The molecule has 0 bridgehead atoms. The minimum absolute atomic E-state index is 0. The number of nitrogens with one attached hydrogen (secondary N) is 1. The summed E-state index contributed by atoms with van der Waals surface area (Å²) in [5.74, 6) is 1.01. The Hall–Kier alpha value is -0.860. The molecule has 2 aliphatic rings. The monoisotopic (exact) mass is 458 g/mol. The highest BCUT2D eigenvalue weighted by molar-refractivity contribution is 14.0. The predicted octanol–water partition coefficient (Wildman–Crippen LogP) is 2.74. The molecule has 0 atom stereocenters. The number of aliphatic imine (C=N–C) groups is 1. The highest BCUT2D eigenvalue weighted by Crippen LogP contribution is 2.29. The number of ether oxygens (including phenoxy) is 1. The SMILES string of the molecule is CCNC(=NCC1(N(C)C)CCOCC1)N1CCc2ccccc21.I. The number of hydrogen-bond acceptors (Lipinski definition) is 3. The van der Waals surface area contributed by atoms with Crippen molar-refractivity contribution in [3.8, 4) is 0 Å². The lowest BCUT2D eigenvalue weighted by Gasteiger charge is -2.42. The van der Waals surface area contributed by atoms with Crippen molar-refractivity contribution in [2.24, 2.45) is 4.99 Å². The number of hydrogen-bond donors (Lipinski definition) is 1. The molecule has 0 aliphatic carbocycles. The number of benzene rings is 1. The van der Waals surface area contributed by atoms with Gasteiger partial charge in [0.25, 0.3) is 0 Å². The lowest BCUT2D eigenvalue weighted by molar-refractivity contribution is -0.00252. The molecule has 2 heterocycles. The van der Waals surface area contributed by atoms with Gasteiger partial charge in [0.2, 0.25) is 0 Å². The van der Waals surface area contributed by atoms with Gasteiger partial charge in [0.15, 0.2) is 5.96 Å². The molecule has 1 aromatic rings. The summed E-state index contributed by atoms with van der Waals surface area (Å²) < 4.78 is 5.57. The average Bonchev–Trinajstić information content (AvgIpc) is 3.03. The van der Waals surface area contributed by atoms with E-state index in [0.717, 1.165) is 58.1 Å². The zero-order valence-electron chi connectivity index (χ0n) is 15.6. The van der Waals surface area contributed by atoms with Crippen molar-refractivity contribution in [1.29, 1.82) is 0 Å². The normalized spacial score (nSPS) is 19.5. The summed E-state index contributed by atoms with van der Waals surface area (Å²) in [7, 11) is 4.33. The number of rotatable bonds is 4. The minimum atomic E-state index is 0. The molecule has 2 aliphatic heterocycles. The third-order valence-corrected chi connectivity index (χ3v) is 5.37. The van der Waals surface area contributed by atoms with Crippen molar-refractivity contribution < 1.29 is 4.74 Å². The molecule has 1 N–H and O–H groups in total. The number of guanidine groups is 1. The first-order valence-electron chi connectivity index (χ1n) is 9.05. The first kappa shape index (κ1) is 20.5. The molecular formula is C19H31IN4O. The highest BCUT2D eigenvalue weighted by atomic mass is 127. The molecule has 1 fully saturated rings. The quantitative estimate of drug-likeness (QED) is 0.428. The molecule has 0 saturated carbocycles. The molecule has 5 nitrogen and oxygen atoms in total. The molecule has 25 heavy (non-hydrogen) atoms. The van der Waals surface area contributed by atoms with E-state index in [1.165, 1.54) is 11.3 Å². The molecule has 0 aromatic heterocycles. The van der Waals surface area contributed by atoms with Gasteiger partial charge in [0.1, 0.15) is 0 Å². The van der Waals surface area contributed by atoms with Crippen molar-refractivity contribution in [2.45, 2.75) is 31.7 Å². The Morgan fingerprint density at radius 1 is 1.28 bits per heavy atom. The fraction of sp³-hybridized carbons (Fsp3) is 0.632. The summed E-state index contributed by atoms with van der Waals surface area (Å²) in [5.41, 5.74) is 2.82. The van der Waals surface area contributed by atoms with Crippen LogP contribution in [0.5, 0.6) is 0 Å². The van der Waals surface area contributed by atoms with Crippen LogP contribution in [0.1, 0.15) is 25.3 Å². The van der Waals surface area contributed by atoms with Gasteiger partial charge in [0.05, 0.1) is 6.54 Å². The molecule has 0 amide bonds. The average molecular weight is 458 g/mol. The van der Waals surface area contributed by atoms with Crippen LogP contribution in [0.25, 0.3) is 0 Å². The second-order valence-electron chi connectivity index (χ2n) is 6.93. The van der Waals surface area contributed by atoms with E-state index in [9.17, 15) is 0 Å². The van der Waals surface area contributed by atoms with Crippen molar-refractivity contribution in [3.63, 3.8) is 0 Å². The Kier molecular flexibility index (Phi) is 7.51. The van der Waals surface area contributed by atoms with Crippen LogP contribution in [-0.2, 0) is 11.2 Å². The van der Waals surface area contributed by atoms with Crippen LogP contribution < -0.4 is 10.2 Å². The molecule has 0 unspecified atom stereocenters. The number of nitrogens with zero attached hydrogens (tertiary/aromatic N) is 3. The van der Waals surface area contributed by atoms with Gasteiger partial charge in [-0.3, -0.25) is 4.99 Å². The Morgan fingerprint density at radius 2 is 2.00 bits per heavy atom. The number of likely N-dealkylation sites (N-methyl/N-ethyl adjacent to an activating group) is 1. The summed E-state index contributed by atoms with van der Waals surface area (Å²) >= 11 is 0. The maximum Gasteiger partial charge on any atom is 0.198 e. The van der Waals surface area contributed by atoms with Gasteiger partial charge in [0, 0.05) is 37.5 Å². The lowest BCUT2D eigenvalue weighted by atomic mass is 9.89. The van der Waals surface area contributed by atoms with Crippen molar-refractivity contribution in [3.05, 3.63) is 29.8 Å². The Balaban J connectivity index is 0.00000225. The van der Waals surface area contributed by atoms with Gasteiger partial charge in [-0.1, -0.05) is 18.2 Å². The standard InChI is InChI=1S/C19H30N4O.HI/c1-4-20-18(23-12-9-16-7-5-6-8-17(16)23)21-15-19(22(2)3)10-13-24-14-11-19;/h5-8H,4,9-15H2,1-3H3,(H,20,21);1H. The van der Waals surface area contributed by atoms with Crippen LogP contribution in [0.2, 0.25) is 0 Å². The Labute approximate surface area is 168 Å². The van der Waals surface area contributed by atoms with Crippen LogP contribution >= 0.6 is 24.0 Å². The van der Waals surface area contributed by atoms with E-state index in [1.807, 2.05) is 0 Å². The number of para-hydroxylation sites is 1. The van der Waals surface area contributed by atoms with Gasteiger partial charge < -0.3 is 19.9 Å². The van der Waals surface area contributed by atoms with Crippen molar-refractivity contribution >= 4 is 35.6 Å². The Morgan fingerprint density at radius 3 is 2.68 bits per heavy atom. The van der Waals surface area contributed by atoms with Crippen molar-refractivity contribution in [1.82, 2.24) is 10.2 Å². The third-order valence-electron chi connectivity index (χ3n) is 5.37. The molecule has 0 spiro atoms. The van der Waals surface area contributed by atoms with Gasteiger partial charge in [-0.15, -0.1) is 24.0 Å². The van der Waals surface area contributed by atoms with Gasteiger partial charge in [-0.25, -0.2) is 0 Å². The molecule has 0 radical (unpaired) electrons. The third kappa shape index (κ3) is 4.46. The van der Waals surface area contributed by atoms with E-state index < -0.39 is 0 Å². The molecule has 3 rings (SSSR count). The topological polar surface area (TPSA) is 40.1 Å². The van der Waals surface area contributed by atoms with E-state index in [0.29, 0.717) is 0 Å². The van der Waals surface area contributed by atoms with Gasteiger partial charge in [-0.2, -0.15) is 0 Å². The summed E-state index contributed by atoms with van der Waals surface area (Å²) in [5, 5.41) is 3.49. The fourth-order valence-electron chi connectivity index (χ4n) is 3.67. The zero-order chi connectivity index (χ0) is 17.0. The highest BCUT2D eigenvalue weighted by Gasteiger charge is 2.35. The van der Waals surface area contributed by atoms with Crippen LogP contribution in [0, 0.1) is 0 Å². The fourth-order valence-corrected chi connectivity index (χ4v) is 3.67. The van der Waals surface area contributed by atoms with Crippen LogP contribution in [0.15, 0.2) is 29.3 Å². The van der Waals surface area contributed by atoms with E-state index in [4.69, 9.17) is 9.73 Å². The van der Waals surface area contributed by atoms with E-state index >= 15 is 0 Å². The predicted molar refractivity (Wildman–Crippen MR) is 115 cm³/mol. The second kappa shape index (κ2) is 9.19. The van der Waals surface area contributed by atoms with E-state index in [2.05, 4.69) is 60.4 Å². The summed E-state index contributed by atoms with van der Waals surface area (Å²) in [6, 6.07) is 8.65. The number of anilines is 1. The van der Waals surface area contributed by atoms with Gasteiger partial charge in [-0.05, 0) is 51.9 Å². The summed E-state index contributed by atoms with van der Waals surface area (Å²) in [6.07, 6.45) is 3.17. The Bertz CT molecular complexity index is 585. The molecule has 140 valence electrons. The van der Waals surface area contributed by atoms with Crippen LogP contribution in [-0.4, -0.2) is 63.3 Å². The molecule has 6 heteroatoms. The van der Waals surface area contributed by atoms with E-state index in [-0.39, 0.29) is 29.5 Å². The molecule has 1 saturated heterocycles. The van der Waals surface area contributed by atoms with Crippen molar-refractivity contribution in [2.75, 3.05) is 51.8 Å². The second-order valence-corrected chi connectivity index (χ2v) is 6.93.